The molecule has 1 saturated heterocycles. The maximum absolute atomic E-state index is 3.75. The van der Waals surface area contributed by atoms with Gasteiger partial charge in [-0.05, 0) is 52.2 Å². The Hall–Kier alpha value is -0.0800. The molecule has 1 rings (SSSR count). The molecule has 1 aliphatic rings. The predicted octanol–water partition coefficient (Wildman–Crippen LogP) is 2.10. The minimum absolute atomic E-state index is 0.656. The van der Waals surface area contributed by atoms with Gasteiger partial charge in [-0.25, -0.2) is 0 Å². The van der Waals surface area contributed by atoms with Crippen LogP contribution in [0.25, 0.3) is 0 Å². The maximum Gasteiger partial charge on any atom is 0.00822 e. The van der Waals surface area contributed by atoms with E-state index in [1.807, 2.05) is 0 Å². The van der Waals surface area contributed by atoms with Crippen molar-refractivity contribution in [3.05, 3.63) is 0 Å². The Balaban J connectivity index is 2.30. The van der Waals surface area contributed by atoms with Gasteiger partial charge in [0.05, 0.1) is 0 Å². The molecule has 1 N–H and O–H groups in total. The molecule has 0 aromatic heterocycles. The highest BCUT2D eigenvalue weighted by molar-refractivity contribution is 4.77. The van der Waals surface area contributed by atoms with Crippen LogP contribution in [0.3, 0.4) is 0 Å². The second kappa shape index (κ2) is 5.72. The maximum atomic E-state index is 3.75. The lowest BCUT2D eigenvalue weighted by Crippen LogP contribution is -2.39. The number of hydrogen-bond acceptors (Lipinski definition) is 2. The second-order valence-electron chi connectivity index (χ2n) is 5.13. The van der Waals surface area contributed by atoms with E-state index in [-0.39, 0.29) is 0 Å². The first kappa shape index (κ1) is 12.0. The van der Waals surface area contributed by atoms with Gasteiger partial charge in [0.1, 0.15) is 0 Å². The Morgan fingerprint density at radius 3 is 2.50 bits per heavy atom. The molecule has 2 heteroatoms. The Bertz CT molecular complexity index is 156. The van der Waals surface area contributed by atoms with E-state index in [0.717, 1.165) is 12.0 Å². The van der Waals surface area contributed by atoms with Crippen LogP contribution in [-0.4, -0.2) is 37.1 Å². The molecular formula is C12H26N2. The highest BCUT2D eigenvalue weighted by Crippen LogP contribution is 2.12. The third-order valence-electron chi connectivity index (χ3n) is 3.45. The number of hydrogen-bond donors (Lipinski definition) is 1. The van der Waals surface area contributed by atoms with E-state index in [2.05, 4.69) is 38.0 Å². The molecule has 0 amide bonds. The summed E-state index contributed by atoms with van der Waals surface area (Å²) in [5, 5.41) is 3.75. The normalized spacial score (nSPS) is 27.6. The van der Waals surface area contributed by atoms with Crippen molar-refractivity contribution in [1.29, 1.82) is 0 Å². The van der Waals surface area contributed by atoms with Crippen LogP contribution in [-0.2, 0) is 0 Å². The van der Waals surface area contributed by atoms with Gasteiger partial charge in [0.25, 0.3) is 0 Å². The fourth-order valence-electron chi connectivity index (χ4n) is 1.97. The van der Waals surface area contributed by atoms with E-state index in [9.17, 15) is 0 Å². The molecule has 2 nitrogen and oxygen atoms in total. The zero-order chi connectivity index (χ0) is 10.6. The van der Waals surface area contributed by atoms with Gasteiger partial charge in [-0.3, -0.25) is 0 Å². The summed E-state index contributed by atoms with van der Waals surface area (Å²) in [6.07, 6.45) is 4.01. The van der Waals surface area contributed by atoms with Crippen molar-refractivity contribution < 1.29 is 0 Å². The van der Waals surface area contributed by atoms with Crippen molar-refractivity contribution in [2.45, 2.75) is 52.1 Å². The molecule has 0 aliphatic carbocycles. The van der Waals surface area contributed by atoms with E-state index < -0.39 is 0 Å². The monoisotopic (exact) mass is 198 g/mol. The first-order chi connectivity index (χ1) is 6.59. The van der Waals surface area contributed by atoms with Crippen LogP contribution in [0, 0.1) is 5.92 Å². The largest absolute Gasteiger partial charge is 0.311 e. The summed E-state index contributed by atoms with van der Waals surface area (Å²) >= 11 is 0. The number of likely N-dealkylation sites (tertiary alicyclic amines) is 1. The van der Waals surface area contributed by atoms with Crippen molar-refractivity contribution in [1.82, 2.24) is 10.2 Å². The molecule has 0 bridgehead atoms. The predicted molar refractivity (Wildman–Crippen MR) is 62.6 cm³/mol. The molecule has 0 radical (unpaired) electrons. The van der Waals surface area contributed by atoms with Gasteiger partial charge >= 0.3 is 0 Å². The summed E-state index contributed by atoms with van der Waals surface area (Å²) in [6.45, 7) is 9.41. The molecule has 1 fully saturated rings. The van der Waals surface area contributed by atoms with Crippen LogP contribution < -0.4 is 5.32 Å². The fourth-order valence-corrected chi connectivity index (χ4v) is 1.97. The van der Waals surface area contributed by atoms with Crippen molar-refractivity contribution in [2.24, 2.45) is 5.92 Å². The molecule has 0 aromatic carbocycles. The van der Waals surface area contributed by atoms with Crippen LogP contribution in [0.1, 0.15) is 40.0 Å². The Labute approximate surface area is 89.1 Å². The third-order valence-corrected chi connectivity index (χ3v) is 3.45. The summed E-state index contributed by atoms with van der Waals surface area (Å²) in [7, 11) is 2.23. The van der Waals surface area contributed by atoms with Gasteiger partial charge in [-0.15, -0.1) is 0 Å². The van der Waals surface area contributed by atoms with E-state index >= 15 is 0 Å². The minimum Gasteiger partial charge on any atom is -0.311 e. The lowest BCUT2D eigenvalue weighted by atomic mass is 10.0. The quantitative estimate of drug-likeness (QED) is 0.747. The van der Waals surface area contributed by atoms with Gasteiger partial charge < -0.3 is 10.2 Å². The molecule has 1 aliphatic heterocycles. The van der Waals surface area contributed by atoms with Crippen LogP contribution in [0.15, 0.2) is 0 Å². The lowest BCUT2D eigenvalue weighted by Gasteiger charge is -2.24. The zero-order valence-electron chi connectivity index (χ0n) is 10.2. The first-order valence-electron chi connectivity index (χ1n) is 6.04. The standard InChI is InChI=1S/C12H26N2/c1-10(2)11(3)13-12-6-5-8-14(4)9-7-12/h10-13H,5-9H2,1-4H3. The Morgan fingerprint density at radius 2 is 1.86 bits per heavy atom. The number of nitrogens with one attached hydrogen (secondary N) is 1. The van der Waals surface area contributed by atoms with Gasteiger partial charge in [0.15, 0.2) is 0 Å². The highest BCUT2D eigenvalue weighted by atomic mass is 15.1. The molecule has 84 valence electrons. The minimum atomic E-state index is 0.656. The topological polar surface area (TPSA) is 15.3 Å². The van der Waals surface area contributed by atoms with Crippen LogP contribution >= 0.6 is 0 Å². The number of nitrogens with zero attached hydrogens (tertiary/aromatic N) is 1. The van der Waals surface area contributed by atoms with Crippen molar-refractivity contribution in [3.8, 4) is 0 Å². The van der Waals surface area contributed by atoms with Gasteiger partial charge in [0, 0.05) is 12.1 Å². The third kappa shape index (κ3) is 3.97. The smallest absolute Gasteiger partial charge is 0.00822 e. The molecule has 2 unspecified atom stereocenters. The molecule has 1 heterocycles. The van der Waals surface area contributed by atoms with Crippen LogP contribution in [0.5, 0.6) is 0 Å². The summed E-state index contributed by atoms with van der Waals surface area (Å²) in [5.74, 6) is 0.746. The highest BCUT2D eigenvalue weighted by Gasteiger charge is 2.17. The fraction of sp³-hybridized carbons (Fsp3) is 1.00. The van der Waals surface area contributed by atoms with E-state index in [0.29, 0.717) is 6.04 Å². The van der Waals surface area contributed by atoms with Gasteiger partial charge in [-0.1, -0.05) is 13.8 Å². The van der Waals surface area contributed by atoms with Crippen molar-refractivity contribution >= 4 is 0 Å². The SMILES string of the molecule is CC(C)C(C)NC1CCCN(C)CC1. The van der Waals surface area contributed by atoms with Crippen LogP contribution in [0.4, 0.5) is 0 Å². The molecular weight excluding hydrogens is 172 g/mol. The summed E-state index contributed by atoms with van der Waals surface area (Å²) in [5.41, 5.74) is 0. The molecule has 0 spiro atoms. The lowest BCUT2D eigenvalue weighted by molar-refractivity contribution is 0.327. The van der Waals surface area contributed by atoms with E-state index in [4.69, 9.17) is 0 Å². The van der Waals surface area contributed by atoms with Crippen molar-refractivity contribution in [3.63, 3.8) is 0 Å². The Kier molecular flexibility index (Phi) is 4.90. The Morgan fingerprint density at radius 1 is 1.14 bits per heavy atom. The van der Waals surface area contributed by atoms with Crippen molar-refractivity contribution in [2.75, 3.05) is 20.1 Å². The van der Waals surface area contributed by atoms with E-state index in [1.165, 1.54) is 32.4 Å². The second-order valence-corrected chi connectivity index (χ2v) is 5.13. The molecule has 14 heavy (non-hydrogen) atoms. The van der Waals surface area contributed by atoms with E-state index in [1.54, 1.807) is 0 Å². The average molecular weight is 198 g/mol. The van der Waals surface area contributed by atoms with Crippen LogP contribution in [0.2, 0.25) is 0 Å². The molecule has 2 atom stereocenters. The summed E-state index contributed by atoms with van der Waals surface area (Å²) < 4.78 is 0. The van der Waals surface area contributed by atoms with Gasteiger partial charge in [0.2, 0.25) is 0 Å². The number of rotatable bonds is 3. The summed E-state index contributed by atoms with van der Waals surface area (Å²) in [6, 6.07) is 1.40. The summed E-state index contributed by atoms with van der Waals surface area (Å²) in [4.78, 5) is 2.45. The van der Waals surface area contributed by atoms with Gasteiger partial charge in [-0.2, -0.15) is 0 Å². The molecule has 0 aromatic rings. The first-order valence-corrected chi connectivity index (χ1v) is 6.04. The average Bonchev–Trinajstić information content (AvgIpc) is 2.31. The molecule has 0 saturated carbocycles. The zero-order valence-corrected chi connectivity index (χ0v) is 10.2.